The lowest BCUT2D eigenvalue weighted by Gasteiger charge is -2.35. The number of hydrogen-bond acceptors (Lipinski definition) is 3. The van der Waals surface area contributed by atoms with Crippen LogP contribution in [0, 0.1) is 23.4 Å². The van der Waals surface area contributed by atoms with E-state index in [4.69, 9.17) is 0 Å². The fraction of sp³-hybridized carbons (Fsp3) is 0.391. The number of nitrogens with one attached hydrogen (secondary N) is 2. The molecule has 166 valence electrons. The second-order valence-corrected chi connectivity index (χ2v) is 7.83. The van der Waals surface area contributed by atoms with Crippen molar-refractivity contribution in [1.82, 2.24) is 10.2 Å². The third kappa shape index (κ3) is 6.07. The smallest absolute Gasteiger partial charge is 0.243 e. The van der Waals surface area contributed by atoms with E-state index < -0.39 is 41.6 Å². The predicted molar refractivity (Wildman–Crippen MR) is 112 cm³/mol. The number of anilines is 1. The highest BCUT2D eigenvalue weighted by molar-refractivity contribution is 5.95. The molecule has 2 aromatic carbocycles. The first-order valence-electron chi connectivity index (χ1n) is 10.3. The second-order valence-electron chi connectivity index (χ2n) is 7.83. The van der Waals surface area contributed by atoms with Gasteiger partial charge in [-0.2, -0.15) is 0 Å². The van der Waals surface area contributed by atoms with Crippen molar-refractivity contribution in [3.63, 3.8) is 0 Å². The van der Waals surface area contributed by atoms with Crippen molar-refractivity contribution in [2.45, 2.75) is 32.2 Å². The first-order chi connectivity index (χ1) is 14.8. The molecule has 2 aromatic rings. The Balaban J connectivity index is 1.42. The van der Waals surface area contributed by atoms with E-state index in [1.807, 2.05) is 18.2 Å². The molecule has 0 bridgehead atoms. The van der Waals surface area contributed by atoms with Crippen LogP contribution in [0.3, 0.4) is 0 Å². The van der Waals surface area contributed by atoms with E-state index >= 15 is 0 Å². The lowest BCUT2D eigenvalue weighted by Crippen LogP contribution is -2.49. The van der Waals surface area contributed by atoms with Crippen molar-refractivity contribution in [2.75, 3.05) is 25.0 Å². The van der Waals surface area contributed by atoms with Gasteiger partial charge in [0, 0.05) is 0 Å². The minimum atomic E-state index is -1.66. The van der Waals surface area contributed by atoms with Crippen LogP contribution in [0.25, 0.3) is 0 Å². The molecule has 1 saturated heterocycles. The second kappa shape index (κ2) is 10.4. The molecule has 0 aromatic heterocycles. The Bertz CT molecular complexity index is 916. The molecule has 8 heteroatoms. The zero-order valence-electron chi connectivity index (χ0n) is 17.3. The third-order valence-electron chi connectivity index (χ3n) is 5.68. The first-order valence-corrected chi connectivity index (χ1v) is 10.3. The summed E-state index contributed by atoms with van der Waals surface area (Å²) in [6.45, 7) is 2.96. The number of likely N-dealkylation sites (tertiary alicyclic amines) is 1. The van der Waals surface area contributed by atoms with Gasteiger partial charge in [0.2, 0.25) is 11.8 Å². The van der Waals surface area contributed by atoms with Gasteiger partial charge in [-0.25, -0.2) is 13.2 Å². The molecule has 1 heterocycles. The van der Waals surface area contributed by atoms with E-state index in [1.165, 1.54) is 5.56 Å². The normalized spacial score (nSPS) is 16.0. The monoisotopic (exact) mass is 433 g/mol. The molecule has 1 aliphatic heterocycles. The highest BCUT2D eigenvalue weighted by atomic mass is 19.2. The number of nitrogens with zero attached hydrogens (tertiary/aromatic N) is 1. The predicted octanol–water partition coefficient (Wildman–Crippen LogP) is 3.50. The summed E-state index contributed by atoms with van der Waals surface area (Å²) in [6.07, 6.45) is 3.00. The van der Waals surface area contributed by atoms with E-state index in [1.54, 1.807) is 6.92 Å². The summed E-state index contributed by atoms with van der Waals surface area (Å²) in [6, 6.07) is 11.6. The largest absolute Gasteiger partial charge is 0.346 e. The lowest BCUT2D eigenvalue weighted by atomic mass is 9.89. The molecule has 1 aliphatic rings. The van der Waals surface area contributed by atoms with Crippen molar-refractivity contribution in [1.29, 1.82) is 0 Å². The Labute approximate surface area is 179 Å². The number of hydrogen-bond donors (Lipinski definition) is 2. The highest BCUT2D eigenvalue weighted by Gasteiger charge is 2.27. The Hall–Kier alpha value is -2.87. The number of carbonyl (C=O) groups is 2. The van der Waals surface area contributed by atoms with Gasteiger partial charge in [0.15, 0.2) is 17.5 Å². The fourth-order valence-electron chi connectivity index (χ4n) is 3.79. The number of halogens is 3. The first kappa shape index (κ1) is 22.8. The number of rotatable bonds is 7. The van der Waals surface area contributed by atoms with Gasteiger partial charge in [-0.15, -0.1) is 0 Å². The SMILES string of the molecule is CC(C(=O)NCC(=O)Nc1ccc(F)c(F)c1F)N1CCC(Cc2ccccc2)CC1. The Morgan fingerprint density at radius 1 is 1.03 bits per heavy atom. The third-order valence-corrected chi connectivity index (χ3v) is 5.68. The van der Waals surface area contributed by atoms with Crippen molar-refractivity contribution in [2.24, 2.45) is 5.92 Å². The standard InChI is InChI=1S/C23H26F3N3O2/c1-15(29-11-9-17(10-12-29)13-16-5-3-2-4-6-16)23(31)27-14-20(30)28-19-8-7-18(24)21(25)22(19)26/h2-8,15,17H,9-14H2,1H3,(H,27,31)(H,28,30). The van der Waals surface area contributed by atoms with Crippen LogP contribution >= 0.6 is 0 Å². The number of carbonyl (C=O) groups excluding carboxylic acids is 2. The topological polar surface area (TPSA) is 61.4 Å². The van der Waals surface area contributed by atoms with Crippen LogP contribution in [0.1, 0.15) is 25.3 Å². The number of benzene rings is 2. The maximum absolute atomic E-state index is 13.6. The summed E-state index contributed by atoms with van der Waals surface area (Å²) in [7, 11) is 0. The molecular formula is C23H26F3N3O2. The lowest BCUT2D eigenvalue weighted by molar-refractivity contribution is -0.128. The summed E-state index contributed by atoms with van der Waals surface area (Å²) >= 11 is 0. The molecule has 3 rings (SSSR count). The van der Waals surface area contributed by atoms with Crippen LogP contribution in [-0.2, 0) is 16.0 Å². The van der Waals surface area contributed by atoms with Gasteiger partial charge in [-0.05, 0) is 62.9 Å². The Morgan fingerprint density at radius 2 is 1.71 bits per heavy atom. The van der Waals surface area contributed by atoms with Crippen LogP contribution in [0.4, 0.5) is 18.9 Å². The maximum atomic E-state index is 13.6. The van der Waals surface area contributed by atoms with Crippen LogP contribution < -0.4 is 10.6 Å². The molecule has 1 atom stereocenters. The summed E-state index contributed by atoms with van der Waals surface area (Å²) in [5, 5.41) is 4.65. The van der Waals surface area contributed by atoms with E-state index in [-0.39, 0.29) is 5.91 Å². The zero-order chi connectivity index (χ0) is 22.4. The molecule has 2 amide bonds. The molecule has 0 spiro atoms. The molecule has 0 radical (unpaired) electrons. The van der Waals surface area contributed by atoms with Crippen LogP contribution in [0.15, 0.2) is 42.5 Å². The molecule has 5 nitrogen and oxygen atoms in total. The van der Waals surface area contributed by atoms with Crippen molar-refractivity contribution in [3.8, 4) is 0 Å². The van der Waals surface area contributed by atoms with Crippen molar-refractivity contribution in [3.05, 3.63) is 65.5 Å². The average Bonchev–Trinajstić information content (AvgIpc) is 2.78. The zero-order valence-corrected chi connectivity index (χ0v) is 17.3. The van der Waals surface area contributed by atoms with E-state index in [2.05, 4.69) is 27.7 Å². The fourth-order valence-corrected chi connectivity index (χ4v) is 3.79. The Morgan fingerprint density at radius 3 is 2.39 bits per heavy atom. The number of piperidine rings is 1. The average molecular weight is 433 g/mol. The van der Waals surface area contributed by atoms with E-state index in [0.717, 1.165) is 44.5 Å². The molecule has 1 unspecified atom stereocenters. The quantitative estimate of drug-likeness (QED) is 0.657. The minimum absolute atomic E-state index is 0.317. The van der Waals surface area contributed by atoms with Crippen LogP contribution in [0.5, 0.6) is 0 Å². The molecule has 0 saturated carbocycles. The van der Waals surface area contributed by atoms with Crippen LogP contribution in [-0.4, -0.2) is 42.4 Å². The number of amides is 2. The minimum Gasteiger partial charge on any atom is -0.346 e. The van der Waals surface area contributed by atoms with Gasteiger partial charge in [0.05, 0.1) is 18.3 Å². The van der Waals surface area contributed by atoms with Gasteiger partial charge >= 0.3 is 0 Å². The molecular weight excluding hydrogens is 407 g/mol. The van der Waals surface area contributed by atoms with Crippen molar-refractivity contribution >= 4 is 17.5 Å². The summed E-state index contributed by atoms with van der Waals surface area (Å²) < 4.78 is 39.8. The van der Waals surface area contributed by atoms with Gasteiger partial charge in [0.25, 0.3) is 0 Å². The van der Waals surface area contributed by atoms with Crippen LogP contribution in [0.2, 0.25) is 0 Å². The van der Waals surface area contributed by atoms with Gasteiger partial charge < -0.3 is 10.6 Å². The highest BCUT2D eigenvalue weighted by Crippen LogP contribution is 2.23. The molecule has 2 N–H and O–H groups in total. The maximum Gasteiger partial charge on any atom is 0.243 e. The Kier molecular flexibility index (Phi) is 7.68. The molecule has 0 aliphatic carbocycles. The van der Waals surface area contributed by atoms with E-state index in [9.17, 15) is 22.8 Å². The van der Waals surface area contributed by atoms with Gasteiger partial charge in [-0.1, -0.05) is 30.3 Å². The molecule has 1 fully saturated rings. The summed E-state index contributed by atoms with van der Waals surface area (Å²) in [4.78, 5) is 26.5. The molecule has 31 heavy (non-hydrogen) atoms. The van der Waals surface area contributed by atoms with E-state index in [0.29, 0.717) is 5.92 Å². The van der Waals surface area contributed by atoms with Crippen molar-refractivity contribution < 1.29 is 22.8 Å². The summed E-state index contributed by atoms with van der Waals surface area (Å²) in [5.41, 5.74) is 0.835. The summed E-state index contributed by atoms with van der Waals surface area (Å²) in [5.74, 6) is -4.96. The van der Waals surface area contributed by atoms with Gasteiger partial charge in [-0.3, -0.25) is 14.5 Å². The van der Waals surface area contributed by atoms with Gasteiger partial charge in [0.1, 0.15) is 0 Å².